The highest BCUT2D eigenvalue weighted by molar-refractivity contribution is 5.95. The van der Waals surface area contributed by atoms with Crippen molar-refractivity contribution in [2.45, 2.75) is 44.1 Å². The first-order valence-electron chi connectivity index (χ1n) is 7.16. The first kappa shape index (κ1) is 15.7. The third-order valence-electron chi connectivity index (χ3n) is 3.94. The summed E-state index contributed by atoms with van der Waals surface area (Å²) in [5.41, 5.74) is 3.80. The molecule has 21 heavy (non-hydrogen) atoms. The van der Waals surface area contributed by atoms with Crippen LogP contribution in [0.2, 0.25) is 0 Å². The molecule has 0 aliphatic heterocycles. The molecule has 2 rings (SSSR count). The second-order valence-electron chi connectivity index (χ2n) is 5.67. The van der Waals surface area contributed by atoms with Crippen molar-refractivity contribution in [3.63, 3.8) is 0 Å². The van der Waals surface area contributed by atoms with Crippen molar-refractivity contribution < 1.29 is 18.7 Å². The van der Waals surface area contributed by atoms with Crippen LogP contribution in [-0.4, -0.2) is 23.2 Å². The summed E-state index contributed by atoms with van der Waals surface area (Å²) in [6, 6.07) is 1.56. The molecule has 116 valence electrons. The predicted molar refractivity (Wildman–Crippen MR) is 75.8 cm³/mol. The van der Waals surface area contributed by atoms with Gasteiger partial charge < -0.3 is 16.2 Å². The molecule has 0 saturated heterocycles. The first-order chi connectivity index (χ1) is 9.91. The number of nitrogen functional groups attached to an aromatic ring is 1. The number of hydrogen-bond donors (Lipinski definition) is 3. The maximum atomic E-state index is 13.6. The van der Waals surface area contributed by atoms with Gasteiger partial charge in [-0.3, -0.25) is 4.79 Å². The molecule has 1 saturated carbocycles. The van der Waals surface area contributed by atoms with E-state index in [0.29, 0.717) is 18.9 Å². The number of nitrogens with one attached hydrogen (secondary N) is 1. The Morgan fingerprint density at radius 1 is 1.19 bits per heavy atom. The number of carbonyl (C=O) groups excluding carboxylic acids is 1. The van der Waals surface area contributed by atoms with E-state index in [1.807, 2.05) is 0 Å². The SMILES string of the molecule is Nc1cc(C(=O)NCC2(O)CCCCCC2)c(F)cc1F. The Morgan fingerprint density at radius 3 is 2.43 bits per heavy atom. The monoisotopic (exact) mass is 298 g/mol. The molecule has 1 fully saturated rings. The summed E-state index contributed by atoms with van der Waals surface area (Å²) in [6.07, 6.45) is 5.18. The van der Waals surface area contributed by atoms with E-state index in [2.05, 4.69) is 5.32 Å². The average molecular weight is 298 g/mol. The quantitative estimate of drug-likeness (QED) is 0.592. The van der Waals surface area contributed by atoms with Crippen molar-refractivity contribution in [2.75, 3.05) is 12.3 Å². The second kappa shape index (κ2) is 6.39. The van der Waals surface area contributed by atoms with Crippen molar-refractivity contribution in [1.29, 1.82) is 0 Å². The molecule has 0 heterocycles. The number of carbonyl (C=O) groups is 1. The number of rotatable bonds is 3. The van der Waals surface area contributed by atoms with E-state index < -0.39 is 23.1 Å². The van der Waals surface area contributed by atoms with Crippen LogP contribution >= 0.6 is 0 Å². The normalized spacial score (nSPS) is 18.0. The molecular formula is C15H20F2N2O2. The third-order valence-corrected chi connectivity index (χ3v) is 3.94. The summed E-state index contributed by atoms with van der Waals surface area (Å²) in [4.78, 5) is 12.0. The summed E-state index contributed by atoms with van der Waals surface area (Å²) < 4.78 is 26.7. The van der Waals surface area contributed by atoms with Crippen LogP contribution in [0.5, 0.6) is 0 Å². The average Bonchev–Trinajstić information content (AvgIpc) is 2.66. The van der Waals surface area contributed by atoms with Gasteiger partial charge in [-0.15, -0.1) is 0 Å². The molecule has 1 amide bonds. The highest BCUT2D eigenvalue weighted by atomic mass is 19.1. The molecule has 6 heteroatoms. The van der Waals surface area contributed by atoms with Gasteiger partial charge in [0, 0.05) is 12.6 Å². The number of halogens is 2. The molecule has 0 aromatic heterocycles. The van der Waals surface area contributed by atoms with Crippen LogP contribution in [0.25, 0.3) is 0 Å². The van der Waals surface area contributed by atoms with E-state index in [1.54, 1.807) is 0 Å². The summed E-state index contributed by atoms with van der Waals surface area (Å²) in [7, 11) is 0. The Hall–Kier alpha value is -1.69. The number of hydrogen-bond acceptors (Lipinski definition) is 3. The van der Waals surface area contributed by atoms with Gasteiger partial charge in [-0.2, -0.15) is 0 Å². The van der Waals surface area contributed by atoms with Gasteiger partial charge in [0.1, 0.15) is 11.6 Å². The lowest BCUT2D eigenvalue weighted by atomic mass is 9.94. The molecule has 0 bridgehead atoms. The van der Waals surface area contributed by atoms with Gasteiger partial charge >= 0.3 is 0 Å². The van der Waals surface area contributed by atoms with Crippen LogP contribution in [0.15, 0.2) is 12.1 Å². The molecule has 1 aromatic rings. The Morgan fingerprint density at radius 2 is 1.81 bits per heavy atom. The fraction of sp³-hybridized carbons (Fsp3) is 0.533. The smallest absolute Gasteiger partial charge is 0.254 e. The number of amides is 1. The van der Waals surface area contributed by atoms with Crippen LogP contribution in [0.1, 0.15) is 48.9 Å². The van der Waals surface area contributed by atoms with Gasteiger partial charge in [-0.25, -0.2) is 8.78 Å². The van der Waals surface area contributed by atoms with E-state index in [-0.39, 0.29) is 17.8 Å². The van der Waals surface area contributed by atoms with E-state index in [4.69, 9.17) is 5.73 Å². The molecular weight excluding hydrogens is 278 g/mol. The van der Waals surface area contributed by atoms with Gasteiger partial charge in [0.15, 0.2) is 0 Å². The standard InChI is InChI=1S/C15H20F2N2O2/c16-11-8-12(17)13(18)7-10(11)14(20)19-9-15(21)5-3-1-2-4-6-15/h7-8,21H,1-6,9,18H2,(H,19,20). The summed E-state index contributed by atoms with van der Waals surface area (Å²) in [6.45, 7) is 0.0581. The summed E-state index contributed by atoms with van der Waals surface area (Å²) in [5, 5.41) is 12.9. The highest BCUT2D eigenvalue weighted by Crippen LogP contribution is 2.26. The molecule has 0 atom stereocenters. The fourth-order valence-corrected chi connectivity index (χ4v) is 2.64. The predicted octanol–water partition coefficient (Wildman–Crippen LogP) is 2.36. The van der Waals surface area contributed by atoms with Crippen molar-refractivity contribution in [2.24, 2.45) is 0 Å². The maximum absolute atomic E-state index is 13.6. The van der Waals surface area contributed by atoms with Crippen molar-refractivity contribution in [3.05, 3.63) is 29.3 Å². The molecule has 1 aliphatic rings. The topological polar surface area (TPSA) is 75.4 Å². The molecule has 1 aliphatic carbocycles. The zero-order valence-electron chi connectivity index (χ0n) is 11.8. The Balaban J connectivity index is 2.03. The van der Waals surface area contributed by atoms with Crippen LogP contribution in [0.4, 0.5) is 14.5 Å². The minimum absolute atomic E-state index is 0.0581. The molecule has 0 radical (unpaired) electrons. The van der Waals surface area contributed by atoms with Gasteiger partial charge in [-0.1, -0.05) is 25.7 Å². The van der Waals surface area contributed by atoms with Gasteiger partial charge in [0.2, 0.25) is 0 Å². The molecule has 0 unspecified atom stereocenters. The zero-order valence-corrected chi connectivity index (χ0v) is 11.8. The van der Waals surface area contributed by atoms with E-state index in [1.165, 1.54) is 0 Å². The number of nitrogens with two attached hydrogens (primary N) is 1. The van der Waals surface area contributed by atoms with Crippen LogP contribution < -0.4 is 11.1 Å². The lowest BCUT2D eigenvalue weighted by Gasteiger charge is -2.26. The van der Waals surface area contributed by atoms with Gasteiger partial charge in [0.05, 0.1) is 16.9 Å². The van der Waals surface area contributed by atoms with E-state index >= 15 is 0 Å². The maximum Gasteiger partial charge on any atom is 0.254 e. The molecule has 4 N–H and O–H groups in total. The fourth-order valence-electron chi connectivity index (χ4n) is 2.64. The van der Waals surface area contributed by atoms with Gasteiger partial charge in [-0.05, 0) is 18.9 Å². The van der Waals surface area contributed by atoms with Crippen molar-refractivity contribution in [3.8, 4) is 0 Å². The largest absolute Gasteiger partial charge is 0.396 e. The Bertz CT molecular complexity index is 527. The Labute approximate surface area is 122 Å². The van der Waals surface area contributed by atoms with E-state index in [0.717, 1.165) is 31.7 Å². The van der Waals surface area contributed by atoms with Crippen molar-refractivity contribution in [1.82, 2.24) is 5.32 Å². The van der Waals surface area contributed by atoms with Crippen LogP contribution in [0.3, 0.4) is 0 Å². The third kappa shape index (κ3) is 3.91. The van der Waals surface area contributed by atoms with Crippen molar-refractivity contribution >= 4 is 11.6 Å². The number of benzene rings is 1. The lowest BCUT2D eigenvalue weighted by molar-refractivity contribution is 0.0246. The minimum Gasteiger partial charge on any atom is -0.396 e. The van der Waals surface area contributed by atoms with Crippen LogP contribution in [-0.2, 0) is 0 Å². The summed E-state index contributed by atoms with van der Waals surface area (Å²) >= 11 is 0. The molecule has 0 spiro atoms. The second-order valence-corrected chi connectivity index (χ2v) is 5.67. The van der Waals surface area contributed by atoms with Crippen LogP contribution in [0, 0.1) is 11.6 Å². The number of aliphatic hydroxyl groups is 1. The Kier molecular flexibility index (Phi) is 4.77. The zero-order chi connectivity index (χ0) is 15.5. The number of anilines is 1. The molecule has 4 nitrogen and oxygen atoms in total. The van der Waals surface area contributed by atoms with Gasteiger partial charge in [0.25, 0.3) is 5.91 Å². The highest BCUT2D eigenvalue weighted by Gasteiger charge is 2.29. The minimum atomic E-state index is -0.966. The lowest BCUT2D eigenvalue weighted by Crippen LogP contribution is -2.42. The van der Waals surface area contributed by atoms with E-state index in [9.17, 15) is 18.7 Å². The summed E-state index contributed by atoms with van der Waals surface area (Å²) in [5.74, 6) is -2.56. The first-order valence-corrected chi connectivity index (χ1v) is 7.16. The molecule has 1 aromatic carbocycles.